The Hall–Kier alpha value is -2.73. The smallest absolute Gasteiger partial charge is 0.270 e. The SMILES string of the molecule is COCN(c1onc(C)c1Cl)S(=O)(=O)c1ccsc1C(=O)Nc1c(C)cc(C)cc1C(C)=O. The van der Waals surface area contributed by atoms with E-state index in [0.717, 1.165) is 21.2 Å². The largest absolute Gasteiger partial charge is 0.363 e. The fraction of sp³-hybridized carbons (Fsp3) is 0.286. The van der Waals surface area contributed by atoms with Crippen molar-refractivity contribution in [2.75, 3.05) is 23.5 Å². The second-order valence-electron chi connectivity index (χ2n) is 7.29. The molecule has 12 heteroatoms. The first-order chi connectivity index (χ1) is 15.5. The number of aromatic nitrogens is 1. The molecule has 0 radical (unpaired) electrons. The molecule has 3 aromatic rings. The molecular formula is C21H22ClN3O6S2. The summed E-state index contributed by atoms with van der Waals surface area (Å²) in [6.07, 6.45) is 0. The number of hydrogen-bond acceptors (Lipinski definition) is 8. The third-order valence-electron chi connectivity index (χ3n) is 4.75. The molecule has 1 N–H and O–H groups in total. The predicted molar refractivity (Wildman–Crippen MR) is 126 cm³/mol. The summed E-state index contributed by atoms with van der Waals surface area (Å²) in [6, 6.07) is 4.80. The topological polar surface area (TPSA) is 119 Å². The second-order valence-corrected chi connectivity index (χ2v) is 10.4. The number of carbonyl (C=O) groups excluding carboxylic acids is 2. The van der Waals surface area contributed by atoms with Crippen molar-refractivity contribution in [3.63, 3.8) is 0 Å². The van der Waals surface area contributed by atoms with Crippen molar-refractivity contribution < 1.29 is 27.3 Å². The first-order valence-corrected chi connectivity index (χ1v) is 12.3. The Balaban J connectivity index is 2.04. The van der Waals surface area contributed by atoms with Crippen molar-refractivity contribution in [1.29, 1.82) is 0 Å². The van der Waals surface area contributed by atoms with Gasteiger partial charge in [0.25, 0.3) is 21.8 Å². The van der Waals surface area contributed by atoms with Crippen molar-refractivity contribution in [3.05, 3.63) is 55.9 Å². The van der Waals surface area contributed by atoms with Gasteiger partial charge in [0.05, 0.1) is 5.69 Å². The van der Waals surface area contributed by atoms with Gasteiger partial charge in [0, 0.05) is 12.7 Å². The maximum atomic E-state index is 13.5. The minimum Gasteiger partial charge on any atom is -0.363 e. The molecule has 2 aromatic heterocycles. The Morgan fingerprint density at radius 1 is 1.27 bits per heavy atom. The minimum atomic E-state index is -4.32. The van der Waals surface area contributed by atoms with E-state index >= 15 is 0 Å². The number of ether oxygens (including phenoxy) is 1. The molecule has 0 saturated heterocycles. The highest BCUT2D eigenvalue weighted by Gasteiger charge is 2.35. The van der Waals surface area contributed by atoms with Gasteiger partial charge in [-0.25, -0.2) is 12.7 Å². The number of sulfonamides is 1. The zero-order chi connectivity index (χ0) is 24.5. The van der Waals surface area contributed by atoms with Crippen LogP contribution in [0.3, 0.4) is 0 Å². The van der Waals surface area contributed by atoms with Gasteiger partial charge in [0.1, 0.15) is 27.2 Å². The average molecular weight is 512 g/mol. The van der Waals surface area contributed by atoms with Gasteiger partial charge >= 0.3 is 0 Å². The Morgan fingerprint density at radius 2 is 1.97 bits per heavy atom. The Labute approximate surface area is 200 Å². The lowest BCUT2D eigenvalue weighted by Gasteiger charge is -2.21. The number of Topliss-reactive ketones (excluding diaryl/α,β-unsaturated/α-hetero) is 1. The van der Waals surface area contributed by atoms with Crippen LogP contribution < -0.4 is 9.62 Å². The van der Waals surface area contributed by atoms with E-state index in [1.807, 2.05) is 13.0 Å². The Kier molecular flexibility index (Phi) is 7.27. The molecule has 0 atom stereocenters. The van der Waals surface area contributed by atoms with E-state index in [2.05, 4.69) is 10.5 Å². The zero-order valence-corrected chi connectivity index (χ0v) is 20.9. The number of carbonyl (C=O) groups is 2. The zero-order valence-electron chi connectivity index (χ0n) is 18.6. The van der Waals surface area contributed by atoms with E-state index in [-0.39, 0.29) is 26.5 Å². The molecule has 33 heavy (non-hydrogen) atoms. The fourth-order valence-electron chi connectivity index (χ4n) is 3.22. The van der Waals surface area contributed by atoms with Crippen LogP contribution in [0.4, 0.5) is 11.6 Å². The highest BCUT2D eigenvalue weighted by atomic mass is 35.5. The molecule has 1 aromatic carbocycles. The van der Waals surface area contributed by atoms with E-state index in [9.17, 15) is 18.0 Å². The standard InChI is InChI=1S/C21H22ClN3O6S2/c1-11-8-12(2)18(15(9-11)14(4)26)23-20(27)19-16(6-7-32-19)33(28,29)25(10-30-5)21-17(22)13(3)24-31-21/h6-9H,10H2,1-5H3,(H,23,27). The number of nitrogens with one attached hydrogen (secondary N) is 1. The van der Waals surface area contributed by atoms with Crippen molar-refractivity contribution in [1.82, 2.24) is 5.16 Å². The van der Waals surface area contributed by atoms with Crippen LogP contribution in [-0.4, -0.2) is 39.1 Å². The highest BCUT2D eigenvalue weighted by Crippen LogP contribution is 2.35. The third-order valence-corrected chi connectivity index (χ3v) is 7.97. The quantitative estimate of drug-likeness (QED) is 0.347. The van der Waals surface area contributed by atoms with Crippen LogP contribution in [0.1, 0.15) is 43.8 Å². The molecule has 0 bridgehead atoms. The number of aryl methyl sites for hydroxylation is 3. The molecule has 2 heterocycles. The van der Waals surface area contributed by atoms with E-state index in [1.165, 1.54) is 25.5 Å². The monoisotopic (exact) mass is 511 g/mol. The molecule has 3 rings (SSSR count). The van der Waals surface area contributed by atoms with Crippen molar-refractivity contribution in [3.8, 4) is 0 Å². The van der Waals surface area contributed by atoms with E-state index in [4.69, 9.17) is 20.9 Å². The second kappa shape index (κ2) is 9.64. The van der Waals surface area contributed by atoms with Crippen molar-refractivity contribution in [2.45, 2.75) is 32.6 Å². The number of rotatable bonds is 8. The van der Waals surface area contributed by atoms with E-state index in [1.54, 1.807) is 19.9 Å². The van der Waals surface area contributed by atoms with Gasteiger partial charge in [-0.05, 0) is 56.3 Å². The summed E-state index contributed by atoms with van der Waals surface area (Å²) in [6.45, 7) is 6.15. The summed E-state index contributed by atoms with van der Waals surface area (Å²) in [5.74, 6) is -1.12. The molecule has 0 saturated carbocycles. The third kappa shape index (κ3) is 4.81. The predicted octanol–water partition coefficient (Wildman–Crippen LogP) is 4.57. The molecule has 0 aliphatic rings. The number of amides is 1. The molecule has 176 valence electrons. The molecule has 0 aliphatic carbocycles. The van der Waals surface area contributed by atoms with Crippen molar-refractivity contribution in [2.24, 2.45) is 0 Å². The first-order valence-electron chi connectivity index (χ1n) is 9.63. The van der Waals surface area contributed by atoms with E-state index < -0.39 is 22.7 Å². The summed E-state index contributed by atoms with van der Waals surface area (Å²) >= 11 is 7.11. The van der Waals surface area contributed by atoms with Gasteiger partial charge < -0.3 is 14.6 Å². The number of anilines is 2. The number of thiophene rings is 1. The molecule has 0 aliphatic heterocycles. The maximum absolute atomic E-state index is 13.5. The van der Waals surface area contributed by atoms with Crippen LogP contribution >= 0.6 is 22.9 Å². The van der Waals surface area contributed by atoms with E-state index in [0.29, 0.717) is 22.5 Å². The molecular weight excluding hydrogens is 490 g/mol. The fourth-order valence-corrected chi connectivity index (χ4v) is 6.06. The van der Waals surface area contributed by atoms with Crippen LogP contribution in [0.15, 0.2) is 33.0 Å². The van der Waals surface area contributed by atoms with Crippen LogP contribution in [0.2, 0.25) is 5.02 Å². The summed E-state index contributed by atoms with van der Waals surface area (Å²) in [5, 5.41) is 7.89. The summed E-state index contributed by atoms with van der Waals surface area (Å²) in [5.41, 5.74) is 2.52. The number of nitrogens with zero attached hydrogens (tertiary/aromatic N) is 2. The van der Waals surface area contributed by atoms with Gasteiger partial charge in [-0.2, -0.15) is 0 Å². The summed E-state index contributed by atoms with van der Waals surface area (Å²) in [4.78, 5) is 24.9. The number of ketones is 1. The summed E-state index contributed by atoms with van der Waals surface area (Å²) in [7, 11) is -3.01. The van der Waals surface area contributed by atoms with Crippen molar-refractivity contribution >= 4 is 56.2 Å². The Morgan fingerprint density at radius 3 is 2.55 bits per heavy atom. The van der Waals surface area contributed by atoms with Gasteiger partial charge in [-0.15, -0.1) is 11.3 Å². The van der Waals surface area contributed by atoms with Gasteiger partial charge in [0.2, 0.25) is 0 Å². The highest BCUT2D eigenvalue weighted by molar-refractivity contribution is 7.93. The number of benzene rings is 1. The minimum absolute atomic E-state index is 0.0123. The maximum Gasteiger partial charge on any atom is 0.270 e. The average Bonchev–Trinajstić information content (AvgIpc) is 3.36. The lowest BCUT2D eigenvalue weighted by Crippen LogP contribution is -2.33. The lowest BCUT2D eigenvalue weighted by molar-refractivity contribution is 0.101. The van der Waals surface area contributed by atoms with Crippen LogP contribution in [0, 0.1) is 20.8 Å². The van der Waals surface area contributed by atoms with Gasteiger partial charge in [-0.1, -0.05) is 22.8 Å². The van der Waals surface area contributed by atoms with Gasteiger partial charge in [0.15, 0.2) is 5.78 Å². The molecule has 1 amide bonds. The lowest BCUT2D eigenvalue weighted by atomic mass is 10.0. The molecule has 0 fully saturated rings. The molecule has 9 nitrogen and oxygen atoms in total. The first kappa shape index (κ1) is 24.9. The van der Waals surface area contributed by atoms with Crippen LogP contribution in [0.5, 0.6) is 0 Å². The van der Waals surface area contributed by atoms with Crippen LogP contribution in [-0.2, 0) is 14.8 Å². The van der Waals surface area contributed by atoms with Gasteiger partial charge in [-0.3, -0.25) is 9.59 Å². The summed E-state index contributed by atoms with van der Waals surface area (Å²) < 4.78 is 37.9. The molecule has 0 spiro atoms. The molecule has 0 unspecified atom stereocenters. The number of halogens is 1. The van der Waals surface area contributed by atoms with Crippen LogP contribution in [0.25, 0.3) is 0 Å². The normalized spacial score (nSPS) is 11.5. The Bertz CT molecular complexity index is 1330. The number of hydrogen-bond donors (Lipinski definition) is 1. The number of methoxy groups -OCH3 is 1.